The van der Waals surface area contributed by atoms with E-state index in [1.54, 1.807) is 49.6 Å². The van der Waals surface area contributed by atoms with Gasteiger partial charge in [0.05, 0.1) is 18.4 Å². The summed E-state index contributed by atoms with van der Waals surface area (Å²) >= 11 is 0. The summed E-state index contributed by atoms with van der Waals surface area (Å²) in [5, 5.41) is 0. The first kappa shape index (κ1) is 17.1. The van der Waals surface area contributed by atoms with E-state index in [0.717, 1.165) is 5.56 Å². The Hall–Kier alpha value is -2.76. The van der Waals surface area contributed by atoms with Crippen molar-refractivity contribution in [2.45, 2.75) is 13.0 Å². The lowest BCUT2D eigenvalue weighted by molar-refractivity contribution is -0.132. The molecule has 0 N–H and O–H groups in total. The van der Waals surface area contributed by atoms with Gasteiger partial charge in [0.25, 0.3) is 0 Å². The molecule has 6 heteroatoms. The second-order valence-electron chi connectivity index (χ2n) is 6.44. The highest BCUT2D eigenvalue weighted by Crippen LogP contribution is 2.42. The number of halogens is 1. The largest absolute Gasteiger partial charge is 0.349 e. The Morgan fingerprint density at radius 1 is 1.12 bits per heavy atom. The first-order valence-corrected chi connectivity index (χ1v) is 8.14. The second-order valence-corrected chi connectivity index (χ2v) is 6.44. The molecule has 0 bridgehead atoms. The average molecular weight is 341 g/mol. The molecule has 1 aromatic heterocycles. The minimum atomic E-state index is -0.357. The summed E-state index contributed by atoms with van der Waals surface area (Å²) in [7, 11) is 3.38. The number of benzene rings is 1. The van der Waals surface area contributed by atoms with Crippen LogP contribution < -0.4 is 4.90 Å². The van der Waals surface area contributed by atoms with Crippen LogP contribution in [0.5, 0.6) is 0 Å². The van der Waals surface area contributed by atoms with Crippen LogP contribution in [0.1, 0.15) is 12.0 Å². The van der Waals surface area contributed by atoms with Gasteiger partial charge in [-0.15, -0.1) is 0 Å². The third-order valence-corrected chi connectivity index (χ3v) is 4.33. The van der Waals surface area contributed by atoms with Crippen LogP contribution in [0.2, 0.25) is 0 Å². The number of carbonyl (C=O) groups excluding carboxylic acids is 2. The number of anilines is 1. The van der Waals surface area contributed by atoms with Gasteiger partial charge in [-0.3, -0.25) is 14.6 Å². The van der Waals surface area contributed by atoms with E-state index >= 15 is 0 Å². The van der Waals surface area contributed by atoms with Crippen LogP contribution in [0.3, 0.4) is 0 Å². The maximum Gasteiger partial charge on any atom is 0.231 e. The molecule has 1 aliphatic rings. The van der Waals surface area contributed by atoms with E-state index in [2.05, 4.69) is 4.98 Å². The van der Waals surface area contributed by atoms with Crippen molar-refractivity contribution in [1.82, 2.24) is 9.88 Å². The lowest BCUT2D eigenvalue weighted by atomic mass is 10.2. The van der Waals surface area contributed by atoms with E-state index in [1.165, 1.54) is 17.0 Å². The fraction of sp³-hybridized carbons (Fsp3) is 0.316. The summed E-state index contributed by atoms with van der Waals surface area (Å²) in [6.07, 6.45) is 3.92. The van der Waals surface area contributed by atoms with Gasteiger partial charge in [-0.1, -0.05) is 6.07 Å². The van der Waals surface area contributed by atoms with E-state index in [4.69, 9.17) is 0 Å². The number of nitrogens with zero attached hydrogens (tertiary/aromatic N) is 3. The number of pyridine rings is 1. The fourth-order valence-corrected chi connectivity index (χ4v) is 2.86. The molecule has 2 atom stereocenters. The quantitative estimate of drug-likeness (QED) is 0.839. The second kappa shape index (κ2) is 7.01. The normalized spacial score (nSPS) is 18.5. The smallest absolute Gasteiger partial charge is 0.231 e. The van der Waals surface area contributed by atoms with E-state index < -0.39 is 0 Å². The molecule has 130 valence electrons. The van der Waals surface area contributed by atoms with Crippen LogP contribution in [0.15, 0.2) is 48.8 Å². The van der Waals surface area contributed by atoms with Crippen molar-refractivity contribution in [3.8, 4) is 0 Å². The molecule has 0 spiro atoms. The Kier molecular flexibility index (Phi) is 4.79. The lowest BCUT2D eigenvalue weighted by Crippen LogP contribution is -2.34. The number of aromatic nitrogens is 1. The molecule has 1 fully saturated rings. The van der Waals surface area contributed by atoms with Gasteiger partial charge < -0.3 is 9.80 Å². The molecule has 1 saturated carbocycles. The minimum Gasteiger partial charge on any atom is -0.349 e. The summed E-state index contributed by atoms with van der Waals surface area (Å²) in [5.41, 5.74) is 1.48. The highest BCUT2D eigenvalue weighted by Gasteiger charge is 2.50. The van der Waals surface area contributed by atoms with Gasteiger partial charge >= 0.3 is 0 Å². The van der Waals surface area contributed by atoms with Crippen LogP contribution in [-0.2, 0) is 16.1 Å². The van der Waals surface area contributed by atoms with E-state index in [0.29, 0.717) is 18.7 Å². The van der Waals surface area contributed by atoms with E-state index in [-0.39, 0.29) is 29.5 Å². The Morgan fingerprint density at radius 3 is 2.40 bits per heavy atom. The summed E-state index contributed by atoms with van der Waals surface area (Å²) < 4.78 is 13.2. The van der Waals surface area contributed by atoms with Crippen molar-refractivity contribution in [3.05, 3.63) is 60.2 Å². The third-order valence-electron chi connectivity index (χ3n) is 4.33. The van der Waals surface area contributed by atoms with Gasteiger partial charge in [-0.25, -0.2) is 4.39 Å². The van der Waals surface area contributed by atoms with Gasteiger partial charge in [-0.2, -0.15) is 0 Å². The maximum atomic E-state index is 13.2. The predicted molar refractivity (Wildman–Crippen MR) is 92.1 cm³/mol. The van der Waals surface area contributed by atoms with Crippen LogP contribution in [0.4, 0.5) is 10.1 Å². The highest BCUT2D eigenvalue weighted by molar-refractivity contribution is 6.01. The van der Waals surface area contributed by atoms with Crippen molar-refractivity contribution in [1.29, 1.82) is 0 Å². The summed E-state index contributed by atoms with van der Waals surface area (Å²) in [4.78, 5) is 32.2. The SMILES string of the molecule is CN(C)C(=O)[C@@H]1C[C@@H]1C(=O)N(Cc1cccnc1)c1ccc(F)cc1. The lowest BCUT2D eigenvalue weighted by Gasteiger charge is -2.23. The number of carbonyl (C=O) groups is 2. The molecule has 0 radical (unpaired) electrons. The van der Waals surface area contributed by atoms with Crippen LogP contribution in [-0.4, -0.2) is 35.8 Å². The molecule has 0 aliphatic heterocycles. The molecular weight excluding hydrogens is 321 g/mol. The van der Waals surface area contributed by atoms with E-state index in [9.17, 15) is 14.0 Å². The monoisotopic (exact) mass is 341 g/mol. The van der Waals surface area contributed by atoms with Crippen LogP contribution in [0.25, 0.3) is 0 Å². The zero-order valence-electron chi connectivity index (χ0n) is 14.2. The molecule has 1 aliphatic carbocycles. The van der Waals surface area contributed by atoms with Crippen molar-refractivity contribution in [2.75, 3.05) is 19.0 Å². The molecule has 2 amide bonds. The number of rotatable bonds is 5. The molecule has 0 saturated heterocycles. The van der Waals surface area contributed by atoms with Crippen molar-refractivity contribution < 1.29 is 14.0 Å². The van der Waals surface area contributed by atoms with Gasteiger partial charge in [0.1, 0.15) is 5.82 Å². The van der Waals surface area contributed by atoms with Crippen molar-refractivity contribution in [3.63, 3.8) is 0 Å². The molecule has 3 rings (SSSR count). The third kappa shape index (κ3) is 3.84. The van der Waals surface area contributed by atoms with Gasteiger partial charge in [0.15, 0.2) is 0 Å². The molecule has 2 aromatic rings. The Balaban J connectivity index is 1.83. The van der Waals surface area contributed by atoms with Crippen molar-refractivity contribution in [2.24, 2.45) is 11.8 Å². The van der Waals surface area contributed by atoms with Gasteiger partial charge in [-0.05, 0) is 42.3 Å². The predicted octanol–water partition coefficient (Wildman–Crippen LogP) is 2.48. The molecule has 5 nitrogen and oxygen atoms in total. The zero-order chi connectivity index (χ0) is 18.0. The summed E-state index contributed by atoms with van der Waals surface area (Å²) in [6.45, 7) is 0.331. The summed E-state index contributed by atoms with van der Waals surface area (Å²) in [6, 6.07) is 9.50. The standard InChI is InChI=1S/C19H20FN3O2/c1-22(2)18(24)16-10-17(16)19(25)23(12-13-4-3-9-21-11-13)15-7-5-14(20)6-8-15/h3-9,11,16-17H,10,12H2,1-2H3/t16-,17+/m1/s1. The number of amides is 2. The van der Waals surface area contributed by atoms with E-state index in [1.807, 2.05) is 6.07 Å². The van der Waals surface area contributed by atoms with Crippen LogP contribution >= 0.6 is 0 Å². The van der Waals surface area contributed by atoms with Gasteiger partial charge in [0.2, 0.25) is 11.8 Å². The highest BCUT2D eigenvalue weighted by atomic mass is 19.1. The first-order chi connectivity index (χ1) is 12.0. The maximum absolute atomic E-state index is 13.2. The molecule has 1 heterocycles. The number of hydrogen-bond acceptors (Lipinski definition) is 3. The Labute approximate surface area is 146 Å². The molecule has 25 heavy (non-hydrogen) atoms. The van der Waals surface area contributed by atoms with Crippen molar-refractivity contribution >= 4 is 17.5 Å². The molecular formula is C19H20FN3O2. The first-order valence-electron chi connectivity index (χ1n) is 8.14. The molecule has 1 aromatic carbocycles. The fourth-order valence-electron chi connectivity index (χ4n) is 2.86. The zero-order valence-corrected chi connectivity index (χ0v) is 14.2. The topological polar surface area (TPSA) is 53.5 Å². The van der Waals surface area contributed by atoms with Crippen LogP contribution in [0, 0.1) is 17.7 Å². The average Bonchev–Trinajstić information content (AvgIpc) is 3.41. The van der Waals surface area contributed by atoms with Gasteiger partial charge in [0, 0.05) is 32.2 Å². The molecule has 0 unspecified atom stereocenters. The number of hydrogen-bond donors (Lipinski definition) is 0. The minimum absolute atomic E-state index is 0.0289. The Morgan fingerprint density at radius 2 is 1.80 bits per heavy atom. The summed E-state index contributed by atoms with van der Waals surface area (Å²) in [5.74, 6) is -1.09. The Bertz CT molecular complexity index is 762.